The molecule has 0 bridgehead atoms. The maximum Gasteiger partial charge on any atom is 0.433 e. The minimum absolute atomic E-state index is 0.0531. The molecule has 0 radical (unpaired) electrons. The minimum atomic E-state index is -0.672. The third-order valence-corrected chi connectivity index (χ3v) is 2.91. The maximum absolute atomic E-state index is 12.5. The topological polar surface area (TPSA) is 84.7 Å². The highest BCUT2D eigenvalue weighted by molar-refractivity contribution is 5.90. The van der Waals surface area contributed by atoms with Gasteiger partial charge in [-0.15, -0.1) is 0 Å². The van der Waals surface area contributed by atoms with E-state index in [9.17, 15) is 14.9 Å². The first-order valence-electron chi connectivity index (χ1n) is 7.35. The highest BCUT2D eigenvalue weighted by Crippen LogP contribution is 2.22. The molecule has 7 heteroatoms. The number of nitrogens with one attached hydrogen (secondary N) is 1. The lowest BCUT2D eigenvalue weighted by Crippen LogP contribution is -2.40. The van der Waals surface area contributed by atoms with E-state index in [1.54, 1.807) is 32.9 Å². The van der Waals surface area contributed by atoms with E-state index in [4.69, 9.17) is 4.74 Å². The number of amides is 1. The smallest absolute Gasteiger partial charge is 0.433 e. The Kier molecular flexibility index (Phi) is 5.03. The van der Waals surface area contributed by atoms with Crippen molar-refractivity contribution in [3.8, 4) is 0 Å². The molecule has 24 heavy (non-hydrogen) atoms. The molecular weight excluding hydrogens is 310 g/mol. The van der Waals surface area contributed by atoms with Gasteiger partial charge in [0.2, 0.25) is 0 Å². The number of rotatable bonds is 4. The summed E-state index contributed by atoms with van der Waals surface area (Å²) in [7, 11) is 0. The Morgan fingerprint density at radius 2 is 1.67 bits per heavy atom. The van der Waals surface area contributed by atoms with Gasteiger partial charge < -0.3 is 4.74 Å². The number of anilines is 2. The molecule has 2 aromatic carbocycles. The van der Waals surface area contributed by atoms with Crippen molar-refractivity contribution in [1.82, 2.24) is 0 Å². The number of non-ortho nitro benzene ring substituents is 1. The van der Waals surface area contributed by atoms with Crippen molar-refractivity contribution in [2.45, 2.75) is 26.4 Å². The number of carbonyl (C=O) groups is 1. The molecule has 0 aromatic heterocycles. The largest absolute Gasteiger partial charge is 0.442 e. The number of carbonyl (C=O) groups excluding carboxylic acids is 1. The molecule has 0 spiro atoms. The van der Waals surface area contributed by atoms with Crippen LogP contribution in [0.5, 0.6) is 0 Å². The van der Waals surface area contributed by atoms with Crippen LogP contribution in [0.4, 0.5) is 21.9 Å². The van der Waals surface area contributed by atoms with Gasteiger partial charge in [0.05, 0.1) is 16.3 Å². The molecule has 1 N–H and O–H groups in total. The number of nitro groups is 1. The van der Waals surface area contributed by atoms with Crippen molar-refractivity contribution in [3.63, 3.8) is 0 Å². The fraction of sp³-hybridized carbons (Fsp3) is 0.235. The number of hydrogen-bond donors (Lipinski definition) is 1. The van der Waals surface area contributed by atoms with E-state index >= 15 is 0 Å². The summed E-state index contributed by atoms with van der Waals surface area (Å²) in [6.07, 6.45) is -0.611. The first-order valence-corrected chi connectivity index (χ1v) is 7.35. The molecule has 7 nitrogen and oxygen atoms in total. The van der Waals surface area contributed by atoms with E-state index in [0.29, 0.717) is 11.4 Å². The van der Waals surface area contributed by atoms with Crippen LogP contribution in [0.1, 0.15) is 20.8 Å². The predicted octanol–water partition coefficient (Wildman–Crippen LogP) is 4.36. The first-order chi connectivity index (χ1) is 11.3. The number of nitrogens with zero attached hydrogens (tertiary/aromatic N) is 2. The van der Waals surface area contributed by atoms with Crippen molar-refractivity contribution >= 4 is 23.2 Å². The van der Waals surface area contributed by atoms with Crippen molar-refractivity contribution < 1.29 is 14.5 Å². The normalized spacial score (nSPS) is 10.8. The van der Waals surface area contributed by atoms with E-state index in [1.165, 1.54) is 29.3 Å². The fourth-order valence-corrected chi connectivity index (χ4v) is 1.89. The molecule has 0 saturated carbocycles. The maximum atomic E-state index is 12.5. The Bertz CT molecular complexity index is 709. The summed E-state index contributed by atoms with van der Waals surface area (Å²) in [6.45, 7) is 5.30. The second-order valence-corrected chi connectivity index (χ2v) is 6.07. The number of ether oxygens (including phenoxy) is 1. The average Bonchev–Trinajstić information content (AvgIpc) is 2.52. The minimum Gasteiger partial charge on any atom is -0.442 e. The molecule has 0 atom stereocenters. The summed E-state index contributed by atoms with van der Waals surface area (Å²) >= 11 is 0. The molecule has 0 aliphatic rings. The summed E-state index contributed by atoms with van der Waals surface area (Å²) < 4.78 is 5.39. The number of benzene rings is 2. The molecule has 0 aliphatic heterocycles. The van der Waals surface area contributed by atoms with Gasteiger partial charge in [0.1, 0.15) is 5.60 Å². The van der Waals surface area contributed by atoms with Crippen LogP contribution < -0.4 is 10.4 Å². The second kappa shape index (κ2) is 6.99. The Morgan fingerprint density at radius 3 is 2.17 bits per heavy atom. The molecule has 126 valence electrons. The number of hydrogen-bond acceptors (Lipinski definition) is 5. The van der Waals surface area contributed by atoms with E-state index < -0.39 is 16.6 Å². The molecule has 0 unspecified atom stereocenters. The summed E-state index contributed by atoms with van der Waals surface area (Å²) in [5.74, 6) is 0. The van der Waals surface area contributed by atoms with Gasteiger partial charge >= 0.3 is 6.09 Å². The Hall–Kier alpha value is -3.09. The predicted molar refractivity (Wildman–Crippen MR) is 91.9 cm³/mol. The Balaban J connectivity index is 2.31. The molecular formula is C17H19N3O4. The number of hydrazine groups is 1. The third-order valence-electron chi connectivity index (χ3n) is 2.91. The van der Waals surface area contributed by atoms with Gasteiger partial charge in [-0.3, -0.25) is 15.5 Å². The third kappa shape index (κ3) is 4.70. The highest BCUT2D eigenvalue weighted by atomic mass is 16.6. The van der Waals surface area contributed by atoms with Crippen LogP contribution in [0.25, 0.3) is 0 Å². The average molecular weight is 329 g/mol. The fourth-order valence-electron chi connectivity index (χ4n) is 1.89. The molecule has 2 rings (SSSR count). The summed E-state index contributed by atoms with van der Waals surface area (Å²) in [4.78, 5) is 22.8. The van der Waals surface area contributed by atoms with E-state index in [-0.39, 0.29) is 5.69 Å². The van der Waals surface area contributed by atoms with Gasteiger partial charge in [-0.2, -0.15) is 5.01 Å². The number of para-hydroxylation sites is 1. The zero-order valence-electron chi connectivity index (χ0n) is 13.7. The lowest BCUT2D eigenvalue weighted by molar-refractivity contribution is -0.384. The van der Waals surface area contributed by atoms with Crippen LogP contribution in [0.3, 0.4) is 0 Å². The summed E-state index contributed by atoms with van der Waals surface area (Å²) in [5.41, 5.74) is 3.34. The lowest BCUT2D eigenvalue weighted by Gasteiger charge is -2.28. The van der Waals surface area contributed by atoms with Gasteiger partial charge in [0.25, 0.3) is 5.69 Å². The monoisotopic (exact) mass is 329 g/mol. The van der Waals surface area contributed by atoms with Crippen molar-refractivity contribution in [3.05, 3.63) is 64.7 Å². The van der Waals surface area contributed by atoms with Crippen molar-refractivity contribution in [1.29, 1.82) is 0 Å². The highest BCUT2D eigenvalue weighted by Gasteiger charge is 2.24. The first kappa shape index (κ1) is 17.3. The van der Waals surface area contributed by atoms with Gasteiger partial charge in [-0.1, -0.05) is 18.2 Å². The molecule has 0 aliphatic carbocycles. The number of nitro benzene ring substituents is 1. The Labute approximate surface area is 140 Å². The van der Waals surface area contributed by atoms with E-state index in [1.807, 2.05) is 18.2 Å². The standard InChI is InChI=1S/C17H19N3O4/c1-17(2,3)24-16(21)19(18-13-7-5-4-6-8-13)14-9-11-15(12-10-14)20(22)23/h4-12,18H,1-3H3. The molecule has 0 heterocycles. The van der Waals surface area contributed by atoms with E-state index in [2.05, 4.69) is 5.43 Å². The van der Waals surface area contributed by atoms with Crippen molar-refractivity contribution in [2.24, 2.45) is 0 Å². The Morgan fingerprint density at radius 1 is 1.08 bits per heavy atom. The van der Waals surface area contributed by atoms with Crippen molar-refractivity contribution in [2.75, 3.05) is 10.4 Å². The lowest BCUT2D eigenvalue weighted by atomic mass is 10.2. The van der Waals surface area contributed by atoms with Crippen LogP contribution in [0.2, 0.25) is 0 Å². The van der Waals surface area contributed by atoms with Gasteiger partial charge in [0.15, 0.2) is 0 Å². The molecule has 0 saturated heterocycles. The second-order valence-electron chi connectivity index (χ2n) is 6.07. The zero-order valence-corrected chi connectivity index (χ0v) is 13.7. The molecule has 0 fully saturated rings. The summed E-state index contributed by atoms with van der Waals surface area (Å²) in [6, 6.07) is 14.7. The molecule has 2 aromatic rings. The van der Waals surface area contributed by atoms with Crippen LogP contribution in [-0.4, -0.2) is 16.6 Å². The molecule has 1 amide bonds. The quantitative estimate of drug-likeness (QED) is 0.665. The SMILES string of the molecule is CC(C)(C)OC(=O)N(Nc1ccccc1)c1ccc([N+](=O)[O-])cc1. The van der Waals surface area contributed by atoms with Crippen LogP contribution in [-0.2, 0) is 4.74 Å². The van der Waals surface area contributed by atoms with Crippen LogP contribution >= 0.6 is 0 Å². The van der Waals surface area contributed by atoms with Gasteiger partial charge in [-0.05, 0) is 45.0 Å². The van der Waals surface area contributed by atoms with E-state index in [0.717, 1.165) is 0 Å². The van der Waals surface area contributed by atoms with Crippen LogP contribution in [0, 0.1) is 10.1 Å². The zero-order chi connectivity index (χ0) is 17.7. The van der Waals surface area contributed by atoms with Crippen LogP contribution in [0.15, 0.2) is 54.6 Å². The van der Waals surface area contributed by atoms with Gasteiger partial charge in [-0.25, -0.2) is 4.79 Å². The summed E-state index contributed by atoms with van der Waals surface area (Å²) in [5, 5.41) is 12.0. The van der Waals surface area contributed by atoms with Gasteiger partial charge in [0, 0.05) is 12.1 Å².